The van der Waals surface area contributed by atoms with Crippen molar-refractivity contribution in [1.29, 1.82) is 0 Å². The second-order valence-electron chi connectivity index (χ2n) is 2.28. The van der Waals surface area contributed by atoms with Gasteiger partial charge < -0.3 is 20.3 Å². The Morgan fingerprint density at radius 3 is 2.86 bits per heavy atom. The van der Waals surface area contributed by atoms with Gasteiger partial charge in [-0.3, -0.25) is 4.79 Å². The van der Waals surface area contributed by atoms with Gasteiger partial charge in [-0.2, -0.15) is 4.98 Å². The Labute approximate surface area is 78.3 Å². The molecule has 14 heavy (non-hydrogen) atoms. The highest BCUT2D eigenvalue weighted by atomic mass is 16.5. The highest BCUT2D eigenvalue weighted by molar-refractivity contribution is 5.79. The monoisotopic (exact) mass is 200 g/mol. The molecule has 0 radical (unpaired) electrons. The van der Waals surface area contributed by atoms with Crippen molar-refractivity contribution in [3.8, 4) is 0 Å². The number of amides is 2. The number of aliphatic carboxylic acids is 1. The van der Waals surface area contributed by atoms with Crippen LogP contribution in [0.5, 0.6) is 0 Å². The summed E-state index contributed by atoms with van der Waals surface area (Å²) < 4.78 is 4.42. The van der Waals surface area contributed by atoms with E-state index in [0.29, 0.717) is 5.82 Å². The van der Waals surface area contributed by atoms with Crippen molar-refractivity contribution in [3.05, 3.63) is 12.2 Å². The second-order valence-corrected chi connectivity index (χ2v) is 2.28. The number of carboxylic acid groups (broad SMARTS) is 1. The van der Waals surface area contributed by atoms with E-state index in [-0.39, 0.29) is 6.54 Å². The van der Waals surface area contributed by atoms with E-state index in [1.54, 1.807) is 0 Å². The zero-order valence-corrected chi connectivity index (χ0v) is 7.06. The van der Waals surface area contributed by atoms with E-state index in [1.165, 1.54) is 0 Å². The minimum absolute atomic E-state index is 0.0853. The molecule has 0 atom stereocenters. The molecule has 0 fully saturated rings. The number of nitrogens with zero attached hydrogens (tertiary/aromatic N) is 2. The van der Waals surface area contributed by atoms with Gasteiger partial charge >= 0.3 is 12.0 Å². The standard InChI is InChI=1S/C6H8N4O4/c11-5(12)2-8-6(13)7-1-4-9-3-14-10-4/h3H,1-2H2,(H,11,12)(H2,7,8,13). The van der Waals surface area contributed by atoms with Crippen LogP contribution in [-0.4, -0.2) is 33.8 Å². The number of carboxylic acids is 1. The minimum Gasteiger partial charge on any atom is -0.480 e. The summed E-state index contributed by atoms with van der Waals surface area (Å²) in [6, 6.07) is -0.600. The largest absolute Gasteiger partial charge is 0.480 e. The normalized spacial score (nSPS) is 9.43. The molecule has 0 saturated heterocycles. The third-order valence-electron chi connectivity index (χ3n) is 1.21. The van der Waals surface area contributed by atoms with E-state index in [4.69, 9.17) is 5.11 Å². The molecule has 0 aliphatic carbocycles. The molecule has 0 aromatic carbocycles. The van der Waals surface area contributed by atoms with Crippen LogP contribution in [0.1, 0.15) is 5.82 Å². The van der Waals surface area contributed by atoms with Crippen LogP contribution >= 0.6 is 0 Å². The SMILES string of the molecule is O=C(O)CNC(=O)NCc1ncon1. The Bertz CT molecular complexity index is 310. The molecule has 1 aromatic rings. The Kier molecular flexibility index (Phi) is 3.41. The van der Waals surface area contributed by atoms with Crippen molar-refractivity contribution in [3.63, 3.8) is 0 Å². The van der Waals surface area contributed by atoms with Crippen molar-refractivity contribution in [2.45, 2.75) is 6.54 Å². The summed E-state index contributed by atoms with van der Waals surface area (Å²) in [5.41, 5.74) is 0. The highest BCUT2D eigenvalue weighted by Crippen LogP contribution is 1.85. The summed E-state index contributed by atoms with van der Waals surface area (Å²) in [6.07, 6.45) is 1.13. The molecule has 0 bridgehead atoms. The number of hydrogen-bond acceptors (Lipinski definition) is 5. The topological polar surface area (TPSA) is 117 Å². The molecule has 8 nitrogen and oxygen atoms in total. The number of aromatic nitrogens is 2. The molecule has 8 heteroatoms. The zero-order valence-electron chi connectivity index (χ0n) is 7.06. The smallest absolute Gasteiger partial charge is 0.323 e. The zero-order chi connectivity index (χ0) is 10.4. The Balaban J connectivity index is 2.18. The van der Waals surface area contributed by atoms with Crippen LogP contribution in [0.15, 0.2) is 10.9 Å². The van der Waals surface area contributed by atoms with Crippen molar-refractivity contribution in [2.24, 2.45) is 0 Å². The van der Waals surface area contributed by atoms with Gasteiger partial charge in [0, 0.05) is 0 Å². The molecule has 0 spiro atoms. The highest BCUT2D eigenvalue weighted by Gasteiger charge is 2.04. The van der Waals surface area contributed by atoms with E-state index < -0.39 is 18.5 Å². The number of hydrogen-bond donors (Lipinski definition) is 3. The molecule has 3 N–H and O–H groups in total. The van der Waals surface area contributed by atoms with Gasteiger partial charge in [0.25, 0.3) is 0 Å². The van der Waals surface area contributed by atoms with Crippen LogP contribution in [0, 0.1) is 0 Å². The van der Waals surface area contributed by atoms with E-state index >= 15 is 0 Å². The number of nitrogens with one attached hydrogen (secondary N) is 2. The van der Waals surface area contributed by atoms with E-state index in [9.17, 15) is 9.59 Å². The van der Waals surface area contributed by atoms with Crippen LogP contribution in [-0.2, 0) is 11.3 Å². The van der Waals surface area contributed by atoms with Crippen molar-refractivity contribution in [2.75, 3.05) is 6.54 Å². The first kappa shape index (κ1) is 9.96. The Morgan fingerprint density at radius 2 is 2.29 bits per heavy atom. The summed E-state index contributed by atoms with van der Waals surface area (Å²) in [7, 11) is 0. The Morgan fingerprint density at radius 1 is 1.50 bits per heavy atom. The van der Waals surface area contributed by atoms with Gasteiger partial charge in [-0.25, -0.2) is 4.79 Å². The number of rotatable bonds is 4. The molecule has 1 aromatic heterocycles. The average Bonchev–Trinajstić information content (AvgIpc) is 2.63. The van der Waals surface area contributed by atoms with E-state index in [1.807, 2.05) is 0 Å². The second kappa shape index (κ2) is 4.80. The Hall–Kier alpha value is -2.12. The number of carbonyl (C=O) groups excluding carboxylic acids is 1. The minimum atomic E-state index is -1.11. The maximum absolute atomic E-state index is 10.9. The summed E-state index contributed by atoms with van der Waals surface area (Å²) in [5, 5.41) is 16.1. The third-order valence-corrected chi connectivity index (χ3v) is 1.21. The molecule has 0 saturated carbocycles. The van der Waals surface area contributed by atoms with Crippen LogP contribution in [0.2, 0.25) is 0 Å². The third kappa shape index (κ3) is 3.52. The molecule has 2 amide bonds. The number of urea groups is 1. The van der Waals surface area contributed by atoms with Crippen LogP contribution in [0.4, 0.5) is 4.79 Å². The summed E-state index contributed by atoms with van der Waals surface area (Å²) >= 11 is 0. The van der Waals surface area contributed by atoms with Crippen LogP contribution < -0.4 is 10.6 Å². The van der Waals surface area contributed by atoms with Gasteiger partial charge in [0.05, 0.1) is 6.54 Å². The molecular formula is C6H8N4O4. The summed E-state index contributed by atoms with van der Waals surface area (Å²) in [5.74, 6) is -0.796. The quantitative estimate of drug-likeness (QED) is 0.571. The lowest BCUT2D eigenvalue weighted by molar-refractivity contribution is -0.135. The van der Waals surface area contributed by atoms with Crippen LogP contribution in [0.3, 0.4) is 0 Å². The van der Waals surface area contributed by atoms with Gasteiger partial charge in [-0.05, 0) is 0 Å². The summed E-state index contributed by atoms with van der Waals surface area (Å²) in [6.45, 7) is -0.347. The molecular weight excluding hydrogens is 192 g/mol. The van der Waals surface area contributed by atoms with Crippen molar-refractivity contribution in [1.82, 2.24) is 20.8 Å². The predicted octanol–water partition coefficient (Wildman–Crippen LogP) is -1.05. The van der Waals surface area contributed by atoms with Crippen molar-refractivity contribution < 1.29 is 19.2 Å². The molecule has 0 unspecified atom stereocenters. The van der Waals surface area contributed by atoms with Gasteiger partial charge in [-0.1, -0.05) is 5.16 Å². The van der Waals surface area contributed by atoms with Gasteiger partial charge in [-0.15, -0.1) is 0 Å². The number of carbonyl (C=O) groups is 2. The maximum Gasteiger partial charge on any atom is 0.323 e. The molecule has 0 aliphatic heterocycles. The van der Waals surface area contributed by atoms with Crippen molar-refractivity contribution >= 4 is 12.0 Å². The fourth-order valence-corrected chi connectivity index (χ4v) is 0.648. The first-order valence-electron chi connectivity index (χ1n) is 3.67. The van der Waals surface area contributed by atoms with Gasteiger partial charge in [0.2, 0.25) is 6.39 Å². The fourth-order valence-electron chi connectivity index (χ4n) is 0.648. The molecule has 1 heterocycles. The average molecular weight is 200 g/mol. The lowest BCUT2D eigenvalue weighted by Gasteiger charge is -2.02. The first-order valence-corrected chi connectivity index (χ1v) is 3.67. The fraction of sp³-hybridized carbons (Fsp3) is 0.333. The lowest BCUT2D eigenvalue weighted by atomic mass is 10.6. The maximum atomic E-state index is 10.9. The van der Waals surface area contributed by atoms with Gasteiger partial charge in [0.15, 0.2) is 5.82 Å². The van der Waals surface area contributed by atoms with E-state index in [0.717, 1.165) is 6.39 Å². The van der Waals surface area contributed by atoms with E-state index in [2.05, 4.69) is 25.3 Å². The van der Waals surface area contributed by atoms with Crippen LogP contribution in [0.25, 0.3) is 0 Å². The molecule has 1 rings (SSSR count). The van der Waals surface area contributed by atoms with Gasteiger partial charge in [0.1, 0.15) is 6.54 Å². The predicted molar refractivity (Wildman–Crippen MR) is 42.2 cm³/mol. The lowest BCUT2D eigenvalue weighted by Crippen LogP contribution is -2.38. The molecule has 76 valence electrons. The molecule has 0 aliphatic rings. The first-order chi connectivity index (χ1) is 6.68. The summed E-state index contributed by atoms with van der Waals surface area (Å²) in [4.78, 5) is 24.6.